The number of nitrogens with two attached hydrogens (primary N) is 1. The molecule has 1 heterocycles. The first-order valence-electron chi connectivity index (χ1n) is 3.49. The molecule has 0 unspecified atom stereocenters. The summed E-state index contributed by atoms with van der Waals surface area (Å²) in [5.74, 6) is -0.628. The zero-order valence-electron chi connectivity index (χ0n) is 6.81. The normalized spacial score (nSPS) is 11.4. The van der Waals surface area contributed by atoms with E-state index in [9.17, 15) is 13.2 Å². The van der Waals surface area contributed by atoms with Gasteiger partial charge in [-0.1, -0.05) is 0 Å². The van der Waals surface area contributed by atoms with Crippen molar-refractivity contribution in [2.24, 2.45) is 0 Å². The third-order valence-corrected chi connectivity index (χ3v) is 1.56. The molecule has 0 spiro atoms. The maximum atomic E-state index is 11.8. The molecule has 1 aromatic rings. The topological polar surface area (TPSA) is 48.1 Å². The second-order valence-electron chi connectivity index (χ2n) is 2.42. The van der Waals surface area contributed by atoms with Crippen molar-refractivity contribution in [3.8, 4) is 5.88 Å². The number of pyridine rings is 1. The lowest BCUT2D eigenvalue weighted by molar-refractivity contribution is -0.276. The zero-order chi connectivity index (χ0) is 10.8. The minimum Gasteiger partial charge on any atom is -0.388 e. The van der Waals surface area contributed by atoms with E-state index in [1.54, 1.807) is 0 Å². The van der Waals surface area contributed by atoms with Crippen LogP contribution in [0.1, 0.15) is 5.56 Å². The Morgan fingerprint density at radius 2 is 2.07 bits per heavy atom. The van der Waals surface area contributed by atoms with Gasteiger partial charge in [-0.2, -0.15) is 4.98 Å². The van der Waals surface area contributed by atoms with Crippen LogP contribution in [0.3, 0.4) is 0 Å². The van der Waals surface area contributed by atoms with Crippen LogP contribution in [-0.2, 0) is 5.88 Å². The van der Waals surface area contributed by atoms with Gasteiger partial charge in [0.15, 0.2) is 0 Å². The monoisotopic (exact) mass is 226 g/mol. The Hall–Kier alpha value is -1.17. The summed E-state index contributed by atoms with van der Waals surface area (Å²) in [6.45, 7) is 0. The summed E-state index contributed by atoms with van der Waals surface area (Å²) in [4.78, 5) is 3.34. The van der Waals surface area contributed by atoms with Crippen LogP contribution in [0.2, 0.25) is 0 Å². The molecule has 0 bridgehead atoms. The number of halogens is 4. The summed E-state index contributed by atoms with van der Waals surface area (Å²) in [5.41, 5.74) is 5.65. The van der Waals surface area contributed by atoms with Gasteiger partial charge in [-0.15, -0.1) is 24.8 Å². The molecule has 0 aliphatic heterocycles. The number of hydrogen-bond acceptors (Lipinski definition) is 3. The molecule has 78 valence electrons. The number of alkyl halides is 4. The van der Waals surface area contributed by atoms with Crippen LogP contribution in [0, 0.1) is 0 Å². The molecule has 0 saturated carbocycles. The molecule has 2 N–H and O–H groups in total. The van der Waals surface area contributed by atoms with Gasteiger partial charge in [-0.3, -0.25) is 0 Å². The van der Waals surface area contributed by atoms with E-state index in [0.29, 0.717) is 5.56 Å². The van der Waals surface area contributed by atoms with Gasteiger partial charge in [0.25, 0.3) is 0 Å². The highest BCUT2D eigenvalue weighted by molar-refractivity contribution is 6.17. The fourth-order valence-corrected chi connectivity index (χ4v) is 0.984. The third-order valence-electron chi connectivity index (χ3n) is 1.26. The van der Waals surface area contributed by atoms with Gasteiger partial charge in [-0.25, -0.2) is 0 Å². The van der Waals surface area contributed by atoms with Crippen molar-refractivity contribution in [2.75, 3.05) is 5.73 Å². The van der Waals surface area contributed by atoms with Crippen LogP contribution in [0.5, 0.6) is 5.88 Å². The number of anilines is 1. The molecule has 7 heteroatoms. The van der Waals surface area contributed by atoms with Gasteiger partial charge in [0.1, 0.15) is 5.82 Å². The van der Waals surface area contributed by atoms with Gasteiger partial charge in [0, 0.05) is 11.9 Å². The average Bonchev–Trinajstić information content (AvgIpc) is 1.99. The summed E-state index contributed by atoms with van der Waals surface area (Å²) >= 11 is 5.42. The Bertz CT molecular complexity index is 329. The number of rotatable bonds is 2. The predicted octanol–water partition coefficient (Wildman–Crippen LogP) is 2.30. The number of aromatic nitrogens is 1. The first-order chi connectivity index (χ1) is 6.40. The van der Waals surface area contributed by atoms with Gasteiger partial charge in [0.2, 0.25) is 5.88 Å². The molecule has 1 aromatic heterocycles. The SMILES string of the molecule is Nc1cc(CCl)cc(OC(F)(F)F)n1. The Kier molecular flexibility index (Phi) is 3.05. The highest BCUT2D eigenvalue weighted by atomic mass is 35.5. The van der Waals surface area contributed by atoms with E-state index in [1.165, 1.54) is 6.07 Å². The van der Waals surface area contributed by atoms with E-state index in [2.05, 4.69) is 9.72 Å². The number of hydrogen-bond donors (Lipinski definition) is 1. The summed E-state index contributed by atoms with van der Waals surface area (Å²) in [6.07, 6.45) is -4.77. The van der Waals surface area contributed by atoms with Crippen LogP contribution >= 0.6 is 11.6 Å². The number of nitrogen functional groups attached to an aromatic ring is 1. The van der Waals surface area contributed by atoms with E-state index in [-0.39, 0.29) is 11.7 Å². The van der Waals surface area contributed by atoms with E-state index in [0.717, 1.165) is 6.07 Å². The van der Waals surface area contributed by atoms with E-state index in [1.807, 2.05) is 0 Å². The molecule has 0 amide bonds. The number of ether oxygens (including phenoxy) is 1. The molecule has 0 fully saturated rings. The van der Waals surface area contributed by atoms with Crippen LogP contribution in [-0.4, -0.2) is 11.3 Å². The molecule has 14 heavy (non-hydrogen) atoms. The minimum atomic E-state index is -4.77. The average molecular weight is 227 g/mol. The Balaban J connectivity index is 2.92. The highest BCUT2D eigenvalue weighted by Gasteiger charge is 2.31. The molecule has 0 aromatic carbocycles. The lowest BCUT2D eigenvalue weighted by Gasteiger charge is -2.08. The summed E-state index contributed by atoms with van der Waals surface area (Å²) < 4.78 is 38.9. The molecular formula is C7H6ClF3N2O. The second kappa shape index (κ2) is 3.91. The highest BCUT2D eigenvalue weighted by Crippen LogP contribution is 2.23. The zero-order valence-corrected chi connectivity index (χ0v) is 7.56. The molecule has 0 aliphatic rings. The van der Waals surface area contributed by atoms with Crippen molar-refractivity contribution in [3.05, 3.63) is 17.7 Å². The van der Waals surface area contributed by atoms with Crippen LogP contribution in [0.15, 0.2) is 12.1 Å². The summed E-state index contributed by atoms with van der Waals surface area (Å²) in [5, 5.41) is 0. The molecule has 1 rings (SSSR count). The van der Waals surface area contributed by atoms with Gasteiger partial charge >= 0.3 is 6.36 Å². The second-order valence-corrected chi connectivity index (χ2v) is 2.69. The Morgan fingerprint density at radius 3 is 2.57 bits per heavy atom. The van der Waals surface area contributed by atoms with E-state index >= 15 is 0 Å². The molecule has 3 nitrogen and oxygen atoms in total. The summed E-state index contributed by atoms with van der Waals surface area (Å²) in [6, 6.07) is 2.45. The molecule has 0 saturated heterocycles. The molecule has 0 radical (unpaired) electrons. The molecular weight excluding hydrogens is 221 g/mol. The minimum absolute atomic E-state index is 0.0426. The van der Waals surface area contributed by atoms with Crippen LogP contribution in [0.4, 0.5) is 19.0 Å². The van der Waals surface area contributed by atoms with Crippen molar-refractivity contribution < 1.29 is 17.9 Å². The van der Waals surface area contributed by atoms with Crippen molar-refractivity contribution in [2.45, 2.75) is 12.2 Å². The van der Waals surface area contributed by atoms with E-state index < -0.39 is 12.2 Å². The number of nitrogens with zero attached hydrogens (tertiary/aromatic N) is 1. The lowest BCUT2D eigenvalue weighted by Crippen LogP contribution is -2.18. The molecule has 0 aliphatic carbocycles. The van der Waals surface area contributed by atoms with Gasteiger partial charge in [0.05, 0.1) is 0 Å². The van der Waals surface area contributed by atoms with E-state index in [4.69, 9.17) is 17.3 Å². The summed E-state index contributed by atoms with van der Waals surface area (Å²) in [7, 11) is 0. The van der Waals surface area contributed by atoms with Gasteiger partial charge in [-0.05, 0) is 11.6 Å². The predicted molar refractivity (Wildman–Crippen MR) is 44.9 cm³/mol. The maximum absolute atomic E-state index is 11.8. The maximum Gasteiger partial charge on any atom is 0.574 e. The molecule has 0 atom stereocenters. The standard InChI is InChI=1S/C7H6ClF3N2O/c8-3-4-1-5(12)13-6(2-4)14-7(9,10)11/h1-2H,3H2,(H2,12,13). The fourth-order valence-electron chi connectivity index (χ4n) is 0.830. The third kappa shape index (κ3) is 3.29. The fraction of sp³-hybridized carbons (Fsp3) is 0.286. The Labute approximate surface area is 82.6 Å². The first kappa shape index (κ1) is 10.9. The quantitative estimate of drug-likeness (QED) is 0.787. The smallest absolute Gasteiger partial charge is 0.388 e. The van der Waals surface area contributed by atoms with Crippen molar-refractivity contribution in [3.63, 3.8) is 0 Å². The first-order valence-corrected chi connectivity index (χ1v) is 4.02. The van der Waals surface area contributed by atoms with Gasteiger partial charge < -0.3 is 10.5 Å². The largest absolute Gasteiger partial charge is 0.574 e. The van der Waals surface area contributed by atoms with Crippen LogP contribution < -0.4 is 10.5 Å². The van der Waals surface area contributed by atoms with Crippen LogP contribution in [0.25, 0.3) is 0 Å². The van der Waals surface area contributed by atoms with Crippen molar-refractivity contribution in [1.29, 1.82) is 0 Å². The van der Waals surface area contributed by atoms with Crippen molar-refractivity contribution >= 4 is 17.4 Å². The Morgan fingerprint density at radius 1 is 1.43 bits per heavy atom. The lowest BCUT2D eigenvalue weighted by atomic mass is 10.3. The van der Waals surface area contributed by atoms with Crippen molar-refractivity contribution in [1.82, 2.24) is 4.98 Å².